The number of hydrogen-bond acceptors (Lipinski definition) is 3. The second-order valence-corrected chi connectivity index (χ2v) is 3.82. The van der Waals surface area contributed by atoms with Crippen LogP contribution in [0.4, 0.5) is 4.39 Å². The van der Waals surface area contributed by atoms with Crippen LogP contribution in [0.3, 0.4) is 0 Å². The molecule has 0 fully saturated rings. The van der Waals surface area contributed by atoms with E-state index in [4.69, 9.17) is 5.11 Å². The van der Waals surface area contributed by atoms with E-state index in [9.17, 15) is 9.18 Å². The van der Waals surface area contributed by atoms with Crippen molar-refractivity contribution >= 4 is 27.6 Å². The van der Waals surface area contributed by atoms with Gasteiger partial charge in [0.05, 0.1) is 5.71 Å². The van der Waals surface area contributed by atoms with Crippen LogP contribution in [-0.4, -0.2) is 23.4 Å². The molecule has 0 spiro atoms. The Kier molecular flexibility index (Phi) is 4.42. The van der Waals surface area contributed by atoms with Gasteiger partial charge in [-0.3, -0.25) is 0 Å². The van der Waals surface area contributed by atoms with E-state index in [1.165, 1.54) is 18.2 Å². The number of oxime groups is 1. The Morgan fingerprint density at radius 3 is 2.88 bits per heavy atom. The summed E-state index contributed by atoms with van der Waals surface area (Å²) in [6.45, 7) is 1.13. The number of benzene rings is 1. The van der Waals surface area contributed by atoms with E-state index in [-0.39, 0.29) is 5.82 Å². The van der Waals surface area contributed by atoms with Crippen molar-refractivity contribution in [2.24, 2.45) is 5.16 Å². The molecule has 0 amide bonds. The minimum atomic E-state index is -1.10. The summed E-state index contributed by atoms with van der Waals surface area (Å²) in [5.41, 5.74) is 1.11. The molecule has 0 heterocycles. The lowest BCUT2D eigenvalue weighted by Crippen LogP contribution is -2.05. The monoisotopic (exact) mass is 289 g/mol. The minimum absolute atomic E-state index is 0.366. The summed E-state index contributed by atoms with van der Waals surface area (Å²) in [5, 5.41) is 11.9. The Hall–Kier alpha value is -1.43. The van der Waals surface area contributed by atoms with Gasteiger partial charge in [0.15, 0.2) is 0 Å². The van der Waals surface area contributed by atoms with Crippen molar-refractivity contribution in [1.29, 1.82) is 0 Å². The second-order valence-electron chi connectivity index (χ2n) is 2.97. The predicted octanol–water partition coefficient (Wildman–Crippen LogP) is 2.41. The first-order chi connectivity index (χ1) is 7.50. The minimum Gasteiger partial charge on any atom is -0.479 e. The van der Waals surface area contributed by atoms with Crippen molar-refractivity contribution < 1.29 is 19.1 Å². The Morgan fingerprint density at radius 1 is 1.62 bits per heavy atom. The number of hydrogen-bond donors (Lipinski definition) is 1. The lowest BCUT2D eigenvalue weighted by atomic mass is 10.1. The van der Waals surface area contributed by atoms with E-state index in [1.54, 1.807) is 6.92 Å². The van der Waals surface area contributed by atoms with Crippen molar-refractivity contribution in [2.45, 2.75) is 6.92 Å². The second kappa shape index (κ2) is 5.60. The van der Waals surface area contributed by atoms with E-state index in [2.05, 4.69) is 25.9 Å². The molecule has 6 heteroatoms. The summed E-state index contributed by atoms with van der Waals surface area (Å²) < 4.78 is 13.3. The molecule has 0 unspecified atom stereocenters. The molecule has 0 aromatic heterocycles. The summed E-state index contributed by atoms with van der Waals surface area (Å²) in [6, 6.07) is 4.12. The normalized spacial score (nSPS) is 11.3. The molecule has 1 aromatic carbocycles. The van der Waals surface area contributed by atoms with Crippen LogP contribution in [0, 0.1) is 5.82 Å². The highest BCUT2D eigenvalue weighted by Gasteiger charge is 2.05. The Balaban J connectivity index is 2.79. The van der Waals surface area contributed by atoms with Crippen LogP contribution in [-0.2, 0) is 9.63 Å². The van der Waals surface area contributed by atoms with Crippen molar-refractivity contribution in [3.8, 4) is 0 Å². The fourth-order valence-corrected chi connectivity index (χ4v) is 1.65. The van der Waals surface area contributed by atoms with E-state index in [0.717, 1.165) is 0 Å². The van der Waals surface area contributed by atoms with Gasteiger partial charge in [-0.1, -0.05) is 21.1 Å². The van der Waals surface area contributed by atoms with E-state index >= 15 is 0 Å². The summed E-state index contributed by atoms with van der Waals surface area (Å²) in [4.78, 5) is 14.7. The standard InChI is InChI=1S/C10H9BrFNO3/c1-6(13-16-5-10(14)15)8-3-2-7(12)4-9(8)11/h2-4H,5H2,1H3,(H,14,15)/b13-6-. The molecule has 0 bridgehead atoms. The molecule has 0 aliphatic carbocycles. The Bertz CT molecular complexity index is 434. The topological polar surface area (TPSA) is 58.9 Å². The van der Waals surface area contributed by atoms with Gasteiger partial charge in [0, 0.05) is 10.0 Å². The molecule has 0 aliphatic heterocycles. The predicted molar refractivity (Wildman–Crippen MR) is 59.9 cm³/mol. The van der Waals surface area contributed by atoms with Crippen LogP contribution < -0.4 is 0 Å². The molecule has 0 radical (unpaired) electrons. The van der Waals surface area contributed by atoms with Crippen LogP contribution in [0.2, 0.25) is 0 Å². The third kappa shape index (κ3) is 3.62. The number of halogens is 2. The van der Waals surface area contributed by atoms with Gasteiger partial charge >= 0.3 is 5.97 Å². The number of carboxylic acids is 1. The average molecular weight is 290 g/mol. The van der Waals surface area contributed by atoms with Crippen LogP contribution in [0.5, 0.6) is 0 Å². The van der Waals surface area contributed by atoms with E-state index in [1.807, 2.05) is 0 Å². The van der Waals surface area contributed by atoms with Gasteiger partial charge in [-0.05, 0) is 25.1 Å². The van der Waals surface area contributed by atoms with Gasteiger partial charge in [0.1, 0.15) is 5.82 Å². The third-order valence-electron chi connectivity index (χ3n) is 1.71. The summed E-state index contributed by atoms with van der Waals surface area (Å²) in [7, 11) is 0. The molecule has 0 atom stereocenters. The van der Waals surface area contributed by atoms with Crippen molar-refractivity contribution in [1.82, 2.24) is 0 Å². The van der Waals surface area contributed by atoms with Gasteiger partial charge in [-0.2, -0.15) is 0 Å². The molecule has 0 saturated carbocycles. The number of rotatable bonds is 4. The molecule has 1 aromatic rings. The lowest BCUT2D eigenvalue weighted by Gasteiger charge is -2.03. The molecule has 4 nitrogen and oxygen atoms in total. The quantitative estimate of drug-likeness (QED) is 0.684. The SMILES string of the molecule is C/C(=N/OCC(=O)O)c1ccc(F)cc1Br. The van der Waals surface area contributed by atoms with Crippen LogP contribution in [0.15, 0.2) is 27.8 Å². The van der Waals surface area contributed by atoms with Crippen molar-refractivity contribution in [3.05, 3.63) is 34.1 Å². The maximum Gasteiger partial charge on any atom is 0.344 e. The first-order valence-corrected chi connectivity index (χ1v) is 5.14. The van der Waals surface area contributed by atoms with Crippen LogP contribution >= 0.6 is 15.9 Å². The Labute approximate surface area is 99.8 Å². The van der Waals surface area contributed by atoms with E-state index in [0.29, 0.717) is 15.7 Å². The maximum atomic E-state index is 12.8. The highest BCUT2D eigenvalue weighted by Crippen LogP contribution is 2.18. The van der Waals surface area contributed by atoms with E-state index < -0.39 is 12.6 Å². The smallest absolute Gasteiger partial charge is 0.344 e. The van der Waals surface area contributed by atoms with Gasteiger partial charge in [-0.15, -0.1) is 0 Å². The van der Waals surface area contributed by atoms with Gasteiger partial charge < -0.3 is 9.94 Å². The molecule has 1 N–H and O–H groups in total. The van der Waals surface area contributed by atoms with Crippen molar-refractivity contribution in [2.75, 3.05) is 6.61 Å². The molecule has 16 heavy (non-hydrogen) atoms. The first-order valence-electron chi connectivity index (χ1n) is 4.34. The van der Waals surface area contributed by atoms with Crippen LogP contribution in [0.1, 0.15) is 12.5 Å². The van der Waals surface area contributed by atoms with Gasteiger partial charge in [0.25, 0.3) is 0 Å². The van der Waals surface area contributed by atoms with Crippen molar-refractivity contribution in [3.63, 3.8) is 0 Å². The zero-order chi connectivity index (χ0) is 12.1. The molecule has 0 aliphatic rings. The van der Waals surface area contributed by atoms with Crippen LogP contribution in [0.25, 0.3) is 0 Å². The largest absolute Gasteiger partial charge is 0.479 e. The first kappa shape index (κ1) is 12.6. The number of carboxylic acid groups (broad SMARTS) is 1. The highest BCUT2D eigenvalue weighted by atomic mass is 79.9. The zero-order valence-electron chi connectivity index (χ0n) is 8.41. The van der Waals surface area contributed by atoms with Gasteiger partial charge in [-0.25, -0.2) is 9.18 Å². The highest BCUT2D eigenvalue weighted by molar-refractivity contribution is 9.10. The molecular formula is C10H9BrFNO3. The average Bonchev–Trinajstić information content (AvgIpc) is 2.16. The fourth-order valence-electron chi connectivity index (χ4n) is 1.02. The number of aliphatic carboxylic acids is 1. The summed E-state index contributed by atoms with van der Waals surface area (Å²) in [6.07, 6.45) is 0. The molecule has 1 rings (SSSR count). The summed E-state index contributed by atoms with van der Waals surface area (Å²) >= 11 is 3.18. The third-order valence-corrected chi connectivity index (χ3v) is 2.37. The number of carbonyl (C=O) groups is 1. The zero-order valence-corrected chi connectivity index (χ0v) is 9.99. The van der Waals surface area contributed by atoms with Gasteiger partial charge in [0.2, 0.25) is 6.61 Å². The molecule has 86 valence electrons. The maximum absolute atomic E-state index is 12.8. The number of nitrogens with zero attached hydrogens (tertiary/aromatic N) is 1. The molecule has 0 saturated heterocycles. The lowest BCUT2D eigenvalue weighted by molar-refractivity contribution is -0.142. The summed E-state index contributed by atoms with van der Waals surface area (Å²) in [5.74, 6) is -1.47. The molecular weight excluding hydrogens is 281 g/mol. The Morgan fingerprint density at radius 2 is 2.31 bits per heavy atom. The fraction of sp³-hybridized carbons (Fsp3) is 0.200.